The number of nitrogens with two attached hydrogens (primary N) is 1. The lowest BCUT2D eigenvalue weighted by Gasteiger charge is -2.13. The standard InChI is InChI=1S/C15H13BrClN3O/c1-8(21)15-19-12-7-10(18)3-5-14(12)20(15)13-4-2-9(16)6-11(13)17/h2-8,21H,18H2,1H3. The molecule has 1 unspecified atom stereocenters. The molecule has 0 amide bonds. The minimum atomic E-state index is -0.724. The normalized spacial score (nSPS) is 12.8. The lowest BCUT2D eigenvalue weighted by Crippen LogP contribution is -2.05. The molecule has 0 aliphatic heterocycles. The number of rotatable bonds is 2. The minimum absolute atomic E-state index is 0.528. The van der Waals surface area contributed by atoms with Crippen LogP contribution in [-0.4, -0.2) is 14.7 Å². The van der Waals surface area contributed by atoms with Gasteiger partial charge < -0.3 is 10.8 Å². The van der Waals surface area contributed by atoms with Gasteiger partial charge in [-0.3, -0.25) is 4.57 Å². The first-order valence-corrected chi connectivity index (χ1v) is 7.56. The van der Waals surface area contributed by atoms with Crippen LogP contribution in [0, 0.1) is 0 Å². The fraction of sp³-hybridized carbons (Fsp3) is 0.133. The summed E-state index contributed by atoms with van der Waals surface area (Å²) in [6.07, 6.45) is -0.724. The number of hydrogen-bond donors (Lipinski definition) is 2. The van der Waals surface area contributed by atoms with Crippen molar-refractivity contribution in [1.82, 2.24) is 9.55 Å². The van der Waals surface area contributed by atoms with E-state index in [1.54, 1.807) is 19.1 Å². The number of fused-ring (bicyclic) bond motifs is 1. The van der Waals surface area contributed by atoms with E-state index in [0.717, 1.165) is 21.2 Å². The van der Waals surface area contributed by atoms with Crippen molar-refractivity contribution in [2.45, 2.75) is 13.0 Å². The van der Waals surface area contributed by atoms with Crippen molar-refractivity contribution in [1.29, 1.82) is 0 Å². The van der Waals surface area contributed by atoms with Gasteiger partial charge in [-0.15, -0.1) is 0 Å². The van der Waals surface area contributed by atoms with E-state index in [2.05, 4.69) is 20.9 Å². The maximum absolute atomic E-state index is 10.0. The summed E-state index contributed by atoms with van der Waals surface area (Å²) < 4.78 is 2.75. The van der Waals surface area contributed by atoms with Crippen LogP contribution in [-0.2, 0) is 0 Å². The van der Waals surface area contributed by atoms with Crippen molar-refractivity contribution < 1.29 is 5.11 Å². The van der Waals surface area contributed by atoms with Crippen LogP contribution in [0.25, 0.3) is 16.7 Å². The van der Waals surface area contributed by atoms with Gasteiger partial charge in [0, 0.05) is 10.2 Å². The number of aliphatic hydroxyl groups excluding tert-OH is 1. The first-order chi connectivity index (χ1) is 9.97. The summed E-state index contributed by atoms with van der Waals surface area (Å²) >= 11 is 9.74. The van der Waals surface area contributed by atoms with E-state index in [9.17, 15) is 5.11 Å². The fourth-order valence-corrected chi connectivity index (χ4v) is 3.07. The Bertz CT molecular complexity index is 829. The number of anilines is 1. The number of imidazole rings is 1. The molecule has 21 heavy (non-hydrogen) atoms. The molecule has 3 rings (SSSR count). The molecule has 0 bridgehead atoms. The van der Waals surface area contributed by atoms with Crippen LogP contribution in [0.15, 0.2) is 40.9 Å². The van der Waals surface area contributed by atoms with E-state index in [1.165, 1.54) is 0 Å². The molecule has 1 atom stereocenters. The minimum Gasteiger partial charge on any atom is -0.399 e. The van der Waals surface area contributed by atoms with Crippen molar-refractivity contribution in [3.8, 4) is 5.69 Å². The maximum Gasteiger partial charge on any atom is 0.143 e. The molecule has 0 saturated heterocycles. The maximum atomic E-state index is 10.0. The Morgan fingerprint density at radius 3 is 2.71 bits per heavy atom. The van der Waals surface area contributed by atoms with Crippen LogP contribution in [0.4, 0.5) is 5.69 Å². The van der Waals surface area contributed by atoms with Gasteiger partial charge in [0.05, 0.1) is 21.7 Å². The first kappa shape index (κ1) is 14.4. The highest BCUT2D eigenvalue weighted by Crippen LogP contribution is 2.31. The highest BCUT2D eigenvalue weighted by molar-refractivity contribution is 9.10. The zero-order chi connectivity index (χ0) is 15.1. The SMILES string of the molecule is CC(O)c1nc2cc(N)ccc2n1-c1ccc(Br)cc1Cl. The van der Waals surface area contributed by atoms with Crippen molar-refractivity contribution in [2.24, 2.45) is 0 Å². The second-order valence-corrected chi connectivity index (χ2v) is 6.15. The summed E-state index contributed by atoms with van der Waals surface area (Å²) in [4.78, 5) is 4.48. The summed E-state index contributed by atoms with van der Waals surface area (Å²) in [7, 11) is 0. The number of halogens is 2. The van der Waals surface area contributed by atoms with E-state index in [0.29, 0.717) is 16.5 Å². The molecule has 0 fully saturated rings. The molecule has 0 radical (unpaired) electrons. The molecule has 0 aliphatic rings. The van der Waals surface area contributed by atoms with Gasteiger partial charge >= 0.3 is 0 Å². The van der Waals surface area contributed by atoms with Gasteiger partial charge in [-0.05, 0) is 43.3 Å². The average Bonchev–Trinajstić information content (AvgIpc) is 2.77. The second kappa shape index (κ2) is 5.33. The molecule has 1 aromatic heterocycles. The highest BCUT2D eigenvalue weighted by Gasteiger charge is 2.18. The molecule has 1 heterocycles. The Kier molecular flexibility index (Phi) is 3.65. The van der Waals surface area contributed by atoms with Gasteiger partial charge in [0.15, 0.2) is 0 Å². The molecule has 3 aromatic rings. The fourth-order valence-electron chi connectivity index (χ4n) is 2.31. The third-order valence-corrected chi connectivity index (χ3v) is 4.02. The van der Waals surface area contributed by atoms with Crippen LogP contribution < -0.4 is 5.73 Å². The molecular weight excluding hydrogens is 354 g/mol. The summed E-state index contributed by atoms with van der Waals surface area (Å²) in [5.41, 5.74) is 8.78. The summed E-state index contributed by atoms with van der Waals surface area (Å²) in [6.45, 7) is 1.67. The number of aromatic nitrogens is 2. The zero-order valence-electron chi connectivity index (χ0n) is 11.2. The number of nitrogen functional groups attached to an aromatic ring is 1. The van der Waals surface area contributed by atoms with E-state index in [4.69, 9.17) is 17.3 Å². The third kappa shape index (κ3) is 2.52. The first-order valence-electron chi connectivity index (χ1n) is 6.38. The van der Waals surface area contributed by atoms with Crippen LogP contribution in [0.5, 0.6) is 0 Å². The van der Waals surface area contributed by atoms with Crippen molar-refractivity contribution in [3.63, 3.8) is 0 Å². The second-order valence-electron chi connectivity index (χ2n) is 4.83. The summed E-state index contributed by atoms with van der Waals surface area (Å²) in [6, 6.07) is 11.1. The Hall–Kier alpha value is -1.56. The van der Waals surface area contributed by atoms with Crippen LogP contribution in [0.1, 0.15) is 18.9 Å². The number of nitrogens with zero attached hydrogens (tertiary/aromatic N) is 2. The predicted octanol–water partition coefficient (Wildman–Crippen LogP) is 4.08. The van der Waals surface area contributed by atoms with Crippen molar-refractivity contribution >= 4 is 44.3 Å². The van der Waals surface area contributed by atoms with Gasteiger partial charge in [-0.1, -0.05) is 27.5 Å². The summed E-state index contributed by atoms with van der Waals surface area (Å²) in [5.74, 6) is 0.528. The molecule has 2 aromatic carbocycles. The van der Waals surface area contributed by atoms with Gasteiger partial charge in [-0.2, -0.15) is 0 Å². The van der Waals surface area contributed by atoms with Crippen LogP contribution >= 0.6 is 27.5 Å². The predicted molar refractivity (Wildman–Crippen MR) is 88.8 cm³/mol. The van der Waals surface area contributed by atoms with E-state index < -0.39 is 6.10 Å². The monoisotopic (exact) mass is 365 g/mol. The summed E-state index contributed by atoms with van der Waals surface area (Å²) in [5, 5.41) is 10.6. The molecule has 0 aliphatic carbocycles. The molecule has 3 N–H and O–H groups in total. The Labute approximate surface area is 135 Å². The van der Waals surface area contributed by atoms with Gasteiger partial charge in [0.1, 0.15) is 11.9 Å². The molecule has 6 heteroatoms. The number of aliphatic hydroxyl groups is 1. The lowest BCUT2D eigenvalue weighted by molar-refractivity contribution is 0.187. The van der Waals surface area contributed by atoms with Crippen LogP contribution in [0.2, 0.25) is 5.02 Å². The zero-order valence-corrected chi connectivity index (χ0v) is 13.6. The van der Waals surface area contributed by atoms with Crippen molar-refractivity contribution in [2.75, 3.05) is 5.73 Å². The largest absolute Gasteiger partial charge is 0.399 e. The Balaban J connectivity index is 2.36. The van der Waals surface area contributed by atoms with Crippen LogP contribution in [0.3, 0.4) is 0 Å². The van der Waals surface area contributed by atoms with Gasteiger partial charge in [-0.25, -0.2) is 4.98 Å². The number of benzene rings is 2. The topological polar surface area (TPSA) is 64.1 Å². The van der Waals surface area contributed by atoms with E-state index in [-0.39, 0.29) is 0 Å². The third-order valence-electron chi connectivity index (χ3n) is 3.23. The lowest BCUT2D eigenvalue weighted by atomic mass is 10.2. The Morgan fingerprint density at radius 2 is 2.05 bits per heavy atom. The number of hydrogen-bond acceptors (Lipinski definition) is 3. The van der Waals surface area contributed by atoms with E-state index >= 15 is 0 Å². The smallest absolute Gasteiger partial charge is 0.143 e. The van der Waals surface area contributed by atoms with Crippen molar-refractivity contribution in [3.05, 3.63) is 51.7 Å². The van der Waals surface area contributed by atoms with Gasteiger partial charge in [0.25, 0.3) is 0 Å². The molecular formula is C15H13BrClN3O. The molecule has 0 spiro atoms. The van der Waals surface area contributed by atoms with Gasteiger partial charge in [0.2, 0.25) is 0 Å². The van der Waals surface area contributed by atoms with E-state index in [1.807, 2.05) is 28.8 Å². The molecule has 108 valence electrons. The Morgan fingerprint density at radius 1 is 1.29 bits per heavy atom. The molecule has 4 nitrogen and oxygen atoms in total. The average molecular weight is 367 g/mol. The highest BCUT2D eigenvalue weighted by atomic mass is 79.9. The quantitative estimate of drug-likeness (QED) is 0.672. The molecule has 0 saturated carbocycles.